The van der Waals surface area contributed by atoms with Crippen LogP contribution in [0.4, 0.5) is 0 Å². The highest BCUT2D eigenvalue weighted by molar-refractivity contribution is 6.06. The molecule has 0 saturated carbocycles. The number of nitrogens with zero attached hydrogens (tertiary/aromatic N) is 4. The van der Waals surface area contributed by atoms with Gasteiger partial charge in [-0.2, -0.15) is 0 Å². The number of hydrogen-bond acceptors (Lipinski definition) is 3. The zero-order chi connectivity index (χ0) is 18.4. The van der Waals surface area contributed by atoms with E-state index in [-0.39, 0.29) is 17.9 Å². The molecule has 0 fully saturated rings. The van der Waals surface area contributed by atoms with E-state index in [0.29, 0.717) is 24.3 Å². The maximum Gasteiger partial charge on any atom is 0.273 e. The molecule has 0 bridgehead atoms. The Hall–Kier alpha value is -3.09. The van der Waals surface area contributed by atoms with Crippen LogP contribution in [0.2, 0.25) is 0 Å². The van der Waals surface area contributed by atoms with Crippen molar-refractivity contribution in [2.75, 3.05) is 20.6 Å². The summed E-state index contributed by atoms with van der Waals surface area (Å²) in [5, 5.41) is 0.919. The molecule has 7 nitrogen and oxygen atoms in total. The number of fused-ring (bicyclic) bond motifs is 2. The Morgan fingerprint density at radius 1 is 1.23 bits per heavy atom. The predicted molar refractivity (Wildman–Crippen MR) is 98.0 cm³/mol. The second kappa shape index (κ2) is 6.01. The number of rotatable bonds is 2. The highest BCUT2D eigenvalue weighted by atomic mass is 16.2. The normalized spacial score (nSPS) is 16.6. The first-order valence-electron chi connectivity index (χ1n) is 8.63. The van der Waals surface area contributed by atoms with Gasteiger partial charge in [0, 0.05) is 50.5 Å². The molecule has 0 unspecified atom stereocenters. The molecule has 0 radical (unpaired) electrons. The molecule has 1 atom stereocenters. The topological polar surface area (TPSA) is 74.2 Å². The van der Waals surface area contributed by atoms with E-state index in [1.807, 2.05) is 40.7 Å². The Balaban J connectivity index is 1.66. The fraction of sp³-hybridized carbons (Fsp3) is 0.316. The van der Waals surface area contributed by atoms with Gasteiger partial charge < -0.3 is 19.4 Å². The number of amides is 2. The lowest BCUT2D eigenvalue weighted by Gasteiger charge is -2.33. The lowest BCUT2D eigenvalue weighted by atomic mass is 10.1. The molecule has 4 rings (SSSR count). The Labute approximate surface area is 151 Å². The molecular weight excluding hydrogens is 330 g/mol. The largest absolute Gasteiger partial charge is 0.360 e. The van der Waals surface area contributed by atoms with Gasteiger partial charge in [0.2, 0.25) is 0 Å². The number of aromatic nitrogens is 3. The van der Waals surface area contributed by atoms with Crippen molar-refractivity contribution >= 4 is 22.7 Å². The zero-order valence-corrected chi connectivity index (χ0v) is 15.1. The van der Waals surface area contributed by atoms with Crippen LogP contribution >= 0.6 is 0 Å². The van der Waals surface area contributed by atoms with E-state index in [0.717, 1.165) is 16.7 Å². The molecule has 0 spiro atoms. The van der Waals surface area contributed by atoms with Crippen molar-refractivity contribution in [3.63, 3.8) is 0 Å². The molecule has 2 aromatic heterocycles. The van der Waals surface area contributed by atoms with Crippen molar-refractivity contribution < 1.29 is 9.59 Å². The number of para-hydroxylation sites is 1. The average Bonchev–Trinajstić information content (AvgIpc) is 3.25. The molecule has 3 aromatic rings. The summed E-state index contributed by atoms with van der Waals surface area (Å²) in [6, 6.07) is 7.57. The molecule has 0 saturated heterocycles. The summed E-state index contributed by atoms with van der Waals surface area (Å²) >= 11 is 0. The van der Waals surface area contributed by atoms with Crippen LogP contribution < -0.4 is 0 Å². The highest BCUT2D eigenvalue weighted by Gasteiger charge is 2.32. The quantitative estimate of drug-likeness (QED) is 0.770. The average molecular weight is 351 g/mol. The van der Waals surface area contributed by atoms with E-state index >= 15 is 0 Å². The standard InChI is InChI=1S/C19H21N5O2/c1-12-17-21-16(19(26)22(2)3)11-23(17)8-9-24(12)18(25)14-10-20-15-7-5-4-6-13(14)15/h4-7,10-12,20H,8-9H2,1-3H3/t12-/m0/s1. The third-order valence-electron chi connectivity index (χ3n) is 4.94. The van der Waals surface area contributed by atoms with Gasteiger partial charge in [-0.05, 0) is 13.0 Å². The second-order valence-electron chi connectivity index (χ2n) is 6.80. The Morgan fingerprint density at radius 3 is 2.77 bits per heavy atom. The number of imidazole rings is 1. The summed E-state index contributed by atoms with van der Waals surface area (Å²) in [6.45, 7) is 3.16. The van der Waals surface area contributed by atoms with E-state index in [1.54, 1.807) is 26.5 Å². The van der Waals surface area contributed by atoms with E-state index in [1.165, 1.54) is 4.90 Å². The first-order valence-corrected chi connectivity index (χ1v) is 8.63. The van der Waals surface area contributed by atoms with Crippen LogP contribution in [0.25, 0.3) is 10.9 Å². The first-order chi connectivity index (χ1) is 12.5. The molecular formula is C19H21N5O2. The van der Waals surface area contributed by atoms with Crippen LogP contribution in [0.5, 0.6) is 0 Å². The number of benzene rings is 1. The number of H-pyrrole nitrogens is 1. The van der Waals surface area contributed by atoms with E-state index < -0.39 is 0 Å². The van der Waals surface area contributed by atoms with Crippen molar-refractivity contribution in [1.29, 1.82) is 0 Å². The monoisotopic (exact) mass is 351 g/mol. The maximum atomic E-state index is 13.1. The summed E-state index contributed by atoms with van der Waals surface area (Å²) in [4.78, 5) is 36.3. The van der Waals surface area contributed by atoms with Gasteiger partial charge in [0.05, 0.1) is 11.6 Å². The fourth-order valence-corrected chi connectivity index (χ4v) is 3.50. The third-order valence-corrected chi connectivity index (χ3v) is 4.94. The molecule has 26 heavy (non-hydrogen) atoms. The molecule has 1 aliphatic heterocycles. The van der Waals surface area contributed by atoms with Gasteiger partial charge in [-0.25, -0.2) is 4.98 Å². The van der Waals surface area contributed by atoms with Crippen LogP contribution in [0.15, 0.2) is 36.7 Å². The van der Waals surface area contributed by atoms with Crippen molar-refractivity contribution in [1.82, 2.24) is 24.3 Å². The van der Waals surface area contributed by atoms with Crippen molar-refractivity contribution in [2.45, 2.75) is 19.5 Å². The number of carbonyl (C=O) groups is 2. The van der Waals surface area contributed by atoms with E-state index in [4.69, 9.17) is 0 Å². The minimum absolute atomic E-state index is 0.0234. The summed E-state index contributed by atoms with van der Waals surface area (Å²) in [7, 11) is 3.41. The number of aromatic amines is 1. The van der Waals surface area contributed by atoms with E-state index in [9.17, 15) is 9.59 Å². The molecule has 0 aliphatic carbocycles. The summed E-state index contributed by atoms with van der Waals surface area (Å²) in [6.07, 6.45) is 3.55. The molecule has 1 aliphatic rings. The molecule has 1 aromatic carbocycles. The fourth-order valence-electron chi connectivity index (χ4n) is 3.50. The van der Waals surface area contributed by atoms with Gasteiger partial charge in [0.25, 0.3) is 11.8 Å². The van der Waals surface area contributed by atoms with Gasteiger partial charge in [-0.3, -0.25) is 9.59 Å². The van der Waals surface area contributed by atoms with Crippen LogP contribution in [-0.4, -0.2) is 56.8 Å². The highest BCUT2D eigenvalue weighted by Crippen LogP contribution is 2.28. The number of carbonyl (C=O) groups excluding carboxylic acids is 2. The smallest absolute Gasteiger partial charge is 0.273 e. The Bertz CT molecular complexity index is 1000. The summed E-state index contributed by atoms with van der Waals surface area (Å²) in [5.41, 5.74) is 2.02. The van der Waals surface area contributed by atoms with Crippen LogP contribution in [-0.2, 0) is 6.54 Å². The Morgan fingerprint density at radius 2 is 2.00 bits per heavy atom. The zero-order valence-electron chi connectivity index (χ0n) is 15.1. The molecule has 1 N–H and O–H groups in total. The van der Waals surface area contributed by atoms with Gasteiger partial charge in [0.1, 0.15) is 11.5 Å². The van der Waals surface area contributed by atoms with Gasteiger partial charge in [-0.15, -0.1) is 0 Å². The molecule has 3 heterocycles. The van der Waals surface area contributed by atoms with Crippen LogP contribution in [0, 0.1) is 0 Å². The molecule has 134 valence electrons. The Kier molecular flexibility index (Phi) is 3.79. The number of nitrogens with one attached hydrogen (secondary N) is 1. The summed E-state index contributed by atoms with van der Waals surface area (Å²) in [5.74, 6) is 0.591. The second-order valence-corrected chi connectivity index (χ2v) is 6.80. The lowest BCUT2D eigenvalue weighted by molar-refractivity contribution is 0.0640. The van der Waals surface area contributed by atoms with Crippen LogP contribution in [0.3, 0.4) is 0 Å². The minimum Gasteiger partial charge on any atom is -0.360 e. The lowest BCUT2D eigenvalue weighted by Crippen LogP contribution is -2.41. The molecule has 2 amide bonds. The summed E-state index contributed by atoms with van der Waals surface area (Å²) < 4.78 is 1.97. The van der Waals surface area contributed by atoms with Crippen molar-refractivity contribution in [2.24, 2.45) is 0 Å². The van der Waals surface area contributed by atoms with Crippen LogP contribution in [0.1, 0.15) is 39.6 Å². The molecule has 7 heteroatoms. The van der Waals surface area contributed by atoms with Gasteiger partial charge in [0.15, 0.2) is 0 Å². The number of hydrogen-bond donors (Lipinski definition) is 1. The van der Waals surface area contributed by atoms with E-state index in [2.05, 4.69) is 9.97 Å². The maximum absolute atomic E-state index is 13.1. The van der Waals surface area contributed by atoms with Crippen molar-refractivity contribution in [3.05, 3.63) is 53.7 Å². The SMILES string of the molecule is C[C@H]1c2nc(C(=O)N(C)C)cn2CCN1C(=O)c1c[nH]c2ccccc12. The van der Waals surface area contributed by atoms with Gasteiger partial charge in [-0.1, -0.05) is 18.2 Å². The predicted octanol–water partition coefficient (Wildman–Crippen LogP) is 2.28. The van der Waals surface area contributed by atoms with Gasteiger partial charge >= 0.3 is 0 Å². The van der Waals surface area contributed by atoms with Crippen molar-refractivity contribution in [3.8, 4) is 0 Å². The third kappa shape index (κ3) is 2.47. The first kappa shape index (κ1) is 16.4. The minimum atomic E-state index is -0.200.